The molecule has 1 saturated carbocycles. The van der Waals surface area contributed by atoms with Gasteiger partial charge in [-0.15, -0.1) is 0 Å². The van der Waals surface area contributed by atoms with Gasteiger partial charge in [0.15, 0.2) is 11.6 Å². The van der Waals surface area contributed by atoms with Gasteiger partial charge in [-0.1, -0.05) is 0 Å². The van der Waals surface area contributed by atoms with Crippen molar-refractivity contribution < 1.29 is 23.4 Å². The molecule has 2 heterocycles. The summed E-state index contributed by atoms with van der Waals surface area (Å²) in [7, 11) is 0. The van der Waals surface area contributed by atoms with E-state index >= 15 is 4.39 Å². The number of fused-ring (bicyclic) bond motifs is 1. The lowest BCUT2D eigenvalue weighted by molar-refractivity contribution is 0.143. The molecule has 1 aliphatic heterocycles. The van der Waals surface area contributed by atoms with Crippen LogP contribution in [0.2, 0.25) is 0 Å². The quantitative estimate of drug-likeness (QED) is 0.792. The van der Waals surface area contributed by atoms with E-state index in [9.17, 15) is 14.0 Å². The molecule has 1 aromatic carbocycles. The molecule has 4 rings (SSSR count). The molecule has 1 saturated heterocycles. The van der Waals surface area contributed by atoms with Crippen LogP contribution in [0, 0.1) is 17.6 Å². The molecule has 1 aliphatic carbocycles. The molecule has 2 fully saturated rings. The Morgan fingerprint density at radius 2 is 2.07 bits per heavy atom. The molecule has 7 nitrogen and oxygen atoms in total. The smallest absolute Gasteiger partial charge is 0.449 e. The third-order valence-electron chi connectivity index (χ3n) is 5.22. The Morgan fingerprint density at radius 1 is 1.33 bits per heavy atom. The second kappa shape index (κ2) is 6.49. The monoisotopic (exact) mass is 379 g/mol. The van der Waals surface area contributed by atoms with Gasteiger partial charge in [0.25, 0.3) is 0 Å². The highest BCUT2D eigenvalue weighted by Gasteiger charge is 2.32. The highest BCUT2D eigenvalue weighted by molar-refractivity contribution is 5.86. The van der Waals surface area contributed by atoms with Gasteiger partial charge in [0.05, 0.1) is 17.1 Å². The minimum absolute atomic E-state index is 0.0205. The average molecular weight is 379 g/mol. The van der Waals surface area contributed by atoms with E-state index in [1.165, 1.54) is 10.8 Å². The fraction of sp³-hybridized carbons (Fsp3) is 0.444. The SMILES string of the molecule is NCC1CCN(c2c(F)cc3c(=O)c(OC(=O)O)cn(C4CC4)c3c2F)C1. The number of rotatable bonds is 4. The Bertz CT molecular complexity index is 987. The third-order valence-corrected chi connectivity index (χ3v) is 5.22. The zero-order chi connectivity index (χ0) is 19.3. The molecule has 1 aromatic heterocycles. The van der Waals surface area contributed by atoms with Crippen LogP contribution in [0.15, 0.2) is 17.1 Å². The van der Waals surface area contributed by atoms with Crippen LogP contribution in [0.4, 0.5) is 19.3 Å². The van der Waals surface area contributed by atoms with E-state index in [0.717, 1.165) is 25.3 Å². The van der Waals surface area contributed by atoms with Gasteiger partial charge in [0.1, 0.15) is 11.5 Å². The number of carbonyl (C=O) groups is 1. The Morgan fingerprint density at radius 3 is 2.67 bits per heavy atom. The summed E-state index contributed by atoms with van der Waals surface area (Å²) in [5, 5.41) is 8.59. The van der Waals surface area contributed by atoms with Crippen molar-refractivity contribution in [1.29, 1.82) is 0 Å². The van der Waals surface area contributed by atoms with Crippen molar-refractivity contribution in [2.24, 2.45) is 11.7 Å². The normalized spacial score (nSPS) is 19.7. The molecular weight excluding hydrogens is 360 g/mol. The van der Waals surface area contributed by atoms with Crippen LogP contribution < -0.4 is 20.8 Å². The van der Waals surface area contributed by atoms with E-state index in [2.05, 4.69) is 4.74 Å². The second-order valence-corrected chi connectivity index (χ2v) is 7.08. The molecule has 9 heteroatoms. The van der Waals surface area contributed by atoms with Crippen molar-refractivity contribution in [1.82, 2.24) is 4.57 Å². The van der Waals surface area contributed by atoms with E-state index in [1.807, 2.05) is 0 Å². The molecule has 144 valence electrons. The first kappa shape index (κ1) is 17.7. The van der Waals surface area contributed by atoms with E-state index < -0.39 is 29.0 Å². The number of pyridine rings is 1. The zero-order valence-corrected chi connectivity index (χ0v) is 14.5. The number of hydrogen-bond acceptors (Lipinski definition) is 5. The summed E-state index contributed by atoms with van der Waals surface area (Å²) >= 11 is 0. The Kier molecular flexibility index (Phi) is 4.26. The summed E-state index contributed by atoms with van der Waals surface area (Å²) in [6, 6.07) is 0.895. The summed E-state index contributed by atoms with van der Waals surface area (Å²) in [5.41, 5.74) is 4.63. The third kappa shape index (κ3) is 3.01. The number of hydrogen-bond donors (Lipinski definition) is 2. The number of nitrogens with two attached hydrogens (primary N) is 1. The maximum Gasteiger partial charge on any atom is 0.511 e. The second-order valence-electron chi connectivity index (χ2n) is 7.08. The molecule has 0 radical (unpaired) electrons. The van der Waals surface area contributed by atoms with Gasteiger partial charge in [-0.25, -0.2) is 13.6 Å². The predicted molar refractivity (Wildman–Crippen MR) is 94.4 cm³/mol. The zero-order valence-electron chi connectivity index (χ0n) is 14.5. The van der Waals surface area contributed by atoms with Crippen LogP contribution in [0.5, 0.6) is 5.75 Å². The molecule has 1 unspecified atom stereocenters. The minimum atomic E-state index is -1.66. The highest BCUT2D eigenvalue weighted by atomic mass is 19.1. The minimum Gasteiger partial charge on any atom is -0.449 e. The van der Waals surface area contributed by atoms with Crippen molar-refractivity contribution in [3.8, 4) is 5.75 Å². The lowest BCUT2D eigenvalue weighted by atomic mass is 10.1. The van der Waals surface area contributed by atoms with Crippen molar-refractivity contribution in [3.63, 3.8) is 0 Å². The van der Waals surface area contributed by atoms with Gasteiger partial charge in [0.2, 0.25) is 5.43 Å². The first-order chi connectivity index (χ1) is 12.9. The molecular formula is C18H19F2N3O4. The number of anilines is 1. The van der Waals surface area contributed by atoms with Crippen LogP contribution >= 0.6 is 0 Å². The Labute approximate surface area is 152 Å². The van der Waals surface area contributed by atoms with Crippen LogP contribution in [0.25, 0.3) is 10.9 Å². The van der Waals surface area contributed by atoms with Gasteiger partial charge < -0.3 is 25.0 Å². The van der Waals surface area contributed by atoms with E-state index in [0.29, 0.717) is 19.6 Å². The number of halogens is 2. The summed E-state index contributed by atoms with van der Waals surface area (Å²) in [6.07, 6.45) is 1.81. The molecule has 0 bridgehead atoms. The summed E-state index contributed by atoms with van der Waals surface area (Å²) in [5.74, 6) is -1.97. The van der Waals surface area contributed by atoms with Crippen LogP contribution in [0.1, 0.15) is 25.3 Å². The number of ether oxygens (including phenoxy) is 1. The van der Waals surface area contributed by atoms with Crippen LogP contribution in [0.3, 0.4) is 0 Å². The molecule has 2 aliphatic rings. The molecule has 27 heavy (non-hydrogen) atoms. The van der Waals surface area contributed by atoms with Crippen molar-refractivity contribution >= 4 is 22.7 Å². The van der Waals surface area contributed by atoms with Crippen molar-refractivity contribution in [3.05, 3.63) is 34.1 Å². The summed E-state index contributed by atoms with van der Waals surface area (Å²) < 4.78 is 36.2. The Balaban J connectivity index is 1.93. The fourth-order valence-electron chi connectivity index (χ4n) is 3.73. The number of carboxylic acid groups (broad SMARTS) is 1. The molecule has 0 spiro atoms. The van der Waals surface area contributed by atoms with Crippen LogP contribution in [-0.4, -0.2) is 35.5 Å². The summed E-state index contributed by atoms with van der Waals surface area (Å²) in [4.78, 5) is 25.0. The molecule has 2 aromatic rings. The van der Waals surface area contributed by atoms with Gasteiger partial charge in [0, 0.05) is 19.1 Å². The van der Waals surface area contributed by atoms with Gasteiger partial charge >= 0.3 is 6.16 Å². The van der Waals surface area contributed by atoms with Crippen LogP contribution in [-0.2, 0) is 0 Å². The largest absolute Gasteiger partial charge is 0.511 e. The van der Waals surface area contributed by atoms with E-state index in [1.54, 1.807) is 4.90 Å². The van der Waals surface area contributed by atoms with Gasteiger partial charge in [-0.05, 0) is 37.8 Å². The lowest BCUT2D eigenvalue weighted by Gasteiger charge is -2.22. The van der Waals surface area contributed by atoms with E-state index in [4.69, 9.17) is 10.8 Å². The number of benzene rings is 1. The van der Waals surface area contributed by atoms with Crippen molar-refractivity contribution in [2.45, 2.75) is 25.3 Å². The lowest BCUT2D eigenvalue weighted by Crippen LogP contribution is -2.25. The van der Waals surface area contributed by atoms with E-state index in [-0.39, 0.29) is 28.6 Å². The first-order valence-corrected chi connectivity index (χ1v) is 8.83. The summed E-state index contributed by atoms with van der Waals surface area (Å²) in [6.45, 7) is 1.37. The highest BCUT2D eigenvalue weighted by Crippen LogP contribution is 2.40. The molecule has 3 N–H and O–H groups in total. The number of nitrogens with zero attached hydrogens (tertiary/aromatic N) is 2. The predicted octanol–water partition coefficient (Wildman–Crippen LogP) is 2.46. The molecule has 0 amide bonds. The molecule has 1 atom stereocenters. The van der Waals surface area contributed by atoms with Gasteiger partial charge in [-0.2, -0.15) is 0 Å². The first-order valence-electron chi connectivity index (χ1n) is 8.83. The maximum atomic E-state index is 15.4. The van der Waals surface area contributed by atoms with Gasteiger partial charge in [-0.3, -0.25) is 4.79 Å². The standard InChI is InChI=1S/C18H19F2N3O4/c19-12-5-11-15(14(20)16(12)22-4-3-9(6-21)7-22)23(10-1-2-10)8-13(17(11)24)27-18(25)26/h5,8-10H,1-4,6-7,21H2,(H,25,26). The average Bonchev–Trinajstić information content (AvgIpc) is 3.35. The van der Waals surface area contributed by atoms with Crippen molar-refractivity contribution in [2.75, 3.05) is 24.5 Å². The fourth-order valence-corrected chi connectivity index (χ4v) is 3.73. The maximum absolute atomic E-state index is 15.4. The Hall–Kier alpha value is -2.68. The number of aromatic nitrogens is 1. The topological polar surface area (TPSA) is 97.8 Å².